The third-order valence-corrected chi connectivity index (χ3v) is 6.87. The summed E-state index contributed by atoms with van der Waals surface area (Å²) in [5, 5.41) is 7.17. The van der Waals surface area contributed by atoms with Crippen molar-refractivity contribution < 1.29 is 23.1 Å². The number of benzene rings is 1. The van der Waals surface area contributed by atoms with Crippen molar-refractivity contribution in [1.82, 2.24) is 14.6 Å². The van der Waals surface area contributed by atoms with E-state index in [0.717, 1.165) is 34.2 Å². The molecule has 0 radical (unpaired) electrons. The Morgan fingerprint density at radius 1 is 1.24 bits per heavy atom. The average Bonchev–Trinajstić information content (AvgIpc) is 3.53. The van der Waals surface area contributed by atoms with Crippen LogP contribution in [-0.4, -0.2) is 33.1 Å². The second kappa shape index (κ2) is 8.94. The zero-order valence-corrected chi connectivity index (χ0v) is 19.0. The fourth-order valence-corrected chi connectivity index (χ4v) is 5.41. The SMILES string of the molecule is CCOC(=O)c1c(NC(=O)c2cnn3c(C(F)F)cc(-c4ccccc4)nc23)sc2c1CCC2. The first-order chi connectivity index (χ1) is 16.5. The topological polar surface area (TPSA) is 85.6 Å². The summed E-state index contributed by atoms with van der Waals surface area (Å²) < 4.78 is 33.8. The van der Waals surface area contributed by atoms with E-state index in [9.17, 15) is 18.4 Å². The maximum atomic E-state index is 13.8. The van der Waals surface area contributed by atoms with Gasteiger partial charge in [-0.25, -0.2) is 23.1 Å². The summed E-state index contributed by atoms with van der Waals surface area (Å²) in [7, 11) is 0. The number of esters is 1. The molecule has 0 fully saturated rings. The fourth-order valence-electron chi connectivity index (χ4n) is 4.14. The van der Waals surface area contributed by atoms with Gasteiger partial charge in [0, 0.05) is 10.4 Å². The number of thiophene rings is 1. The minimum absolute atomic E-state index is 0.0101. The summed E-state index contributed by atoms with van der Waals surface area (Å²) in [6, 6.07) is 10.1. The summed E-state index contributed by atoms with van der Waals surface area (Å²) in [6.07, 6.45) is 0.909. The number of carbonyl (C=O) groups is 2. The molecule has 5 rings (SSSR count). The predicted octanol–water partition coefficient (Wildman–Crippen LogP) is 5.31. The van der Waals surface area contributed by atoms with Gasteiger partial charge in [0.1, 0.15) is 16.3 Å². The lowest BCUT2D eigenvalue weighted by Gasteiger charge is -2.09. The zero-order valence-electron chi connectivity index (χ0n) is 18.2. The number of amides is 1. The molecule has 0 saturated carbocycles. The van der Waals surface area contributed by atoms with E-state index in [1.54, 1.807) is 31.2 Å². The van der Waals surface area contributed by atoms with Crippen LogP contribution in [0.2, 0.25) is 0 Å². The highest BCUT2D eigenvalue weighted by molar-refractivity contribution is 7.17. The van der Waals surface area contributed by atoms with E-state index in [4.69, 9.17) is 4.74 Å². The van der Waals surface area contributed by atoms with Crippen LogP contribution in [0.4, 0.5) is 13.8 Å². The highest BCUT2D eigenvalue weighted by Gasteiger charge is 2.29. The number of hydrogen-bond acceptors (Lipinski definition) is 6. The molecule has 1 aromatic carbocycles. The number of nitrogens with one attached hydrogen (secondary N) is 1. The Bertz CT molecular complexity index is 1400. The fraction of sp³-hybridized carbons (Fsp3) is 0.250. The number of rotatable bonds is 6. The molecule has 0 bridgehead atoms. The van der Waals surface area contributed by atoms with Gasteiger partial charge in [-0.2, -0.15) is 5.10 Å². The molecular weight excluding hydrogens is 462 g/mol. The molecule has 0 atom stereocenters. The van der Waals surface area contributed by atoms with Crippen LogP contribution in [0.15, 0.2) is 42.6 Å². The molecule has 1 amide bonds. The van der Waals surface area contributed by atoms with Gasteiger partial charge in [0.05, 0.1) is 24.1 Å². The number of hydrogen-bond donors (Lipinski definition) is 1. The molecule has 0 aliphatic heterocycles. The first-order valence-electron chi connectivity index (χ1n) is 10.8. The smallest absolute Gasteiger partial charge is 0.341 e. The summed E-state index contributed by atoms with van der Waals surface area (Å²) in [5.41, 5.74) is 1.89. The van der Waals surface area contributed by atoms with Crippen LogP contribution in [0.25, 0.3) is 16.9 Å². The maximum absolute atomic E-state index is 13.8. The third kappa shape index (κ3) is 3.83. The molecule has 7 nitrogen and oxygen atoms in total. The molecule has 1 aliphatic carbocycles. The van der Waals surface area contributed by atoms with Gasteiger partial charge >= 0.3 is 5.97 Å². The van der Waals surface area contributed by atoms with Crippen LogP contribution < -0.4 is 5.32 Å². The quantitative estimate of drug-likeness (QED) is 0.376. The molecule has 174 valence electrons. The Morgan fingerprint density at radius 2 is 2.03 bits per heavy atom. The molecular formula is C24H20F2N4O3S. The number of alkyl halides is 2. The van der Waals surface area contributed by atoms with Gasteiger partial charge in [-0.15, -0.1) is 11.3 Å². The molecule has 1 N–H and O–H groups in total. The van der Waals surface area contributed by atoms with Crippen molar-refractivity contribution in [3.05, 3.63) is 69.9 Å². The Morgan fingerprint density at radius 3 is 2.76 bits per heavy atom. The van der Waals surface area contributed by atoms with Gasteiger partial charge in [-0.1, -0.05) is 30.3 Å². The van der Waals surface area contributed by atoms with Crippen LogP contribution >= 0.6 is 11.3 Å². The lowest BCUT2D eigenvalue weighted by Crippen LogP contribution is -2.15. The summed E-state index contributed by atoms with van der Waals surface area (Å²) in [4.78, 5) is 31.4. The molecule has 0 spiro atoms. The Labute approximate surface area is 197 Å². The van der Waals surface area contributed by atoms with E-state index in [2.05, 4.69) is 15.4 Å². The molecule has 3 aromatic heterocycles. The minimum atomic E-state index is -2.82. The molecule has 0 unspecified atom stereocenters. The summed E-state index contributed by atoms with van der Waals surface area (Å²) >= 11 is 1.34. The van der Waals surface area contributed by atoms with Gasteiger partial charge in [-0.3, -0.25) is 4.79 Å². The van der Waals surface area contributed by atoms with Crippen molar-refractivity contribution >= 4 is 33.9 Å². The van der Waals surface area contributed by atoms with E-state index in [1.807, 2.05) is 6.07 Å². The minimum Gasteiger partial charge on any atom is -0.462 e. The highest BCUT2D eigenvalue weighted by Crippen LogP contribution is 2.40. The van der Waals surface area contributed by atoms with Crippen LogP contribution in [0.3, 0.4) is 0 Å². The van der Waals surface area contributed by atoms with E-state index in [-0.39, 0.29) is 23.5 Å². The Hall–Kier alpha value is -3.66. The van der Waals surface area contributed by atoms with Gasteiger partial charge in [0.2, 0.25) is 0 Å². The molecule has 0 saturated heterocycles. The van der Waals surface area contributed by atoms with E-state index in [1.165, 1.54) is 23.6 Å². The van der Waals surface area contributed by atoms with Gasteiger partial charge in [0.25, 0.3) is 12.3 Å². The van der Waals surface area contributed by atoms with Gasteiger partial charge < -0.3 is 10.1 Å². The lowest BCUT2D eigenvalue weighted by atomic mass is 10.1. The highest BCUT2D eigenvalue weighted by atomic mass is 32.1. The van der Waals surface area contributed by atoms with Crippen molar-refractivity contribution in [2.45, 2.75) is 32.6 Å². The largest absolute Gasteiger partial charge is 0.462 e. The Kier molecular flexibility index (Phi) is 5.82. The number of aromatic nitrogens is 3. The Balaban J connectivity index is 1.56. The van der Waals surface area contributed by atoms with E-state index >= 15 is 0 Å². The number of fused-ring (bicyclic) bond motifs is 2. The first kappa shape index (κ1) is 22.1. The maximum Gasteiger partial charge on any atom is 0.341 e. The van der Waals surface area contributed by atoms with Crippen LogP contribution in [0.5, 0.6) is 0 Å². The molecule has 4 aromatic rings. The van der Waals surface area contributed by atoms with Crippen molar-refractivity contribution in [3.63, 3.8) is 0 Å². The number of carbonyl (C=O) groups excluding carboxylic acids is 2. The van der Waals surface area contributed by atoms with E-state index in [0.29, 0.717) is 21.8 Å². The molecule has 10 heteroatoms. The number of aryl methyl sites for hydroxylation is 1. The van der Waals surface area contributed by atoms with Crippen molar-refractivity contribution in [1.29, 1.82) is 0 Å². The van der Waals surface area contributed by atoms with Crippen molar-refractivity contribution in [2.24, 2.45) is 0 Å². The summed E-state index contributed by atoms with van der Waals surface area (Å²) in [5.74, 6) is -1.07. The second-order valence-corrected chi connectivity index (χ2v) is 8.87. The monoisotopic (exact) mass is 482 g/mol. The van der Waals surface area contributed by atoms with Crippen LogP contribution in [0.1, 0.15) is 56.6 Å². The van der Waals surface area contributed by atoms with Crippen LogP contribution in [0, 0.1) is 0 Å². The first-order valence-corrected chi connectivity index (χ1v) is 11.6. The van der Waals surface area contributed by atoms with Crippen molar-refractivity contribution in [2.75, 3.05) is 11.9 Å². The number of nitrogens with zero attached hydrogens (tertiary/aromatic N) is 3. The number of anilines is 1. The van der Waals surface area contributed by atoms with Crippen LogP contribution in [-0.2, 0) is 17.6 Å². The van der Waals surface area contributed by atoms with Gasteiger partial charge in [-0.05, 0) is 37.8 Å². The average molecular weight is 483 g/mol. The second-order valence-electron chi connectivity index (χ2n) is 7.76. The number of halogens is 2. The predicted molar refractivity (Wildman–Crippen MR) is 124 cm³/mol. The number of ether oxygens (including phenoxy) is 1. The normalized spacial score (nSPS) is 12.8. The lowest BCUT2D eigenvalue weighted by molar-refractivity contribution is 0.0527. The molecule has 3 heterocycles. The van der Waals surface area contributed by atoms with E-state index < -0.39 is 18.3 Å². The summed E-state index contributed by atoms with van der Waals surface area (Å²) in [6.45, 7) is 1.94. The van der Waals surface area contributed by atoms with Crippen molar-refractivity contribution in [3.8, 4) is 11.3 Å². The molecule has 1 aliphatic rings. The third-order valence-electron chi connectivity index (χ3n) is 5.67. The standard InChI is InChI=1S/C24H20F2N4O3S/c1-2-33-24(32)19-14-9-6-10-18(14)34-23(19)29-22(31)15-12-27-30-17(20(25)26)11-16(28-21(15)30)13-7-4-3-5-8-13/h3-5,7-8,11-12,20H,2,6,9-10H2,1H3,(H,29,31). The zero-order chi connectivity index (χ0) is 23.8. The molecule has 34 heavy (non-hydrogen) atoms. The van der Waals surface area contributed by atoms with Gasteiger partial charge in [0.15, 0.2) is 5.65 Å².